The van der Waals surface area contributed by atoms with E-state index >= 15 is 0 Å². The Morgan fingerprint density at radius 3 is 2.75 bits per heavy atom. The molecule has 8 nitrogen and oxygen atoms in total. The van der Waals surface area contributed by atoms with Gasteiger partial charge in [-0.15, -0.1) is 11.3 Å². The predicted octanol–water partition coefficient (Wildman–Crippen LogP) is 0.0819. The van der Waals surface area contributed by atoms with Crippen molar-refractivity contribution in [2.45, 2.75) is 31.7 Å². The molecule has 0 spiro atoms. The van der Waals surface area contributed by atoms with Crippen LogP contribution in [-0.4, -0.2) is 34.0 Å². The third kappa shape index (κ3) is 3.44. The number of nitrogens with zero attached hydrogens (tertiary/aromatic N) is 1. The Kier molecular flexibility index (Phi) is 4.18. The first-order valence-corrected chi connectivity index (χ1v) is 6.84. The molecule has 1 aliphatic carbocycles. The number of aryl methyl sites for hydroxylation is 2. The number of thiazole rings is 1. The van der Waals surface area contributed by atoms with Gasteiger partial charge in [0.15, 0.2) is 5.13 Å². The van der Waals surface area contributed by atoms with E-state index in [1.54, 1.807) is 0 Å². The number of carbonyl (C=O) groups excluding carboxylic acids is 2. The molecule has 108 valence electrons. The lowest BCUT2D eigenvalue weighted by Gasteiger charge is -2.12. The third-order valence-electron chi connectivity index (χ3n) is 2.82. The zero-order valence-electron chi connectivity index (χ0n) is 10.5. The maximum Gasteiger partial charge on any atom is 0.326 e. The molecule has 3 amide bonds. The normalized spacial score (nSPS) is 14.4. The minimum atomic E-state index is -1.35. The summed E-state index contributed by atoms with van der Waals surface area (Å²) in [5.41, 5.74) is 5.91. The number of aliphatic carboxylic acids is 1. The van der Waals surface area contributed by atoms with Crippen LogP contribution < -0.4 is 16.4 Å². The molecule has 5 N–H and O–H groups in total. The van der Waals surface area contributed by atoms with E-state index in [9.17, 15) is 14.4 Å². The highest BCUT2D eigenvalue weighted by Gasteiger charge is 2.23. The van der Waals surface area contributed by atoms with E-state index < -0.39 is 30.4 Å². The summed E-state index contributed by atoms with van der Waals surface area (Å²) in [6, 6.07) is -2.06. The summed E-state index contributed by atoms with van der Waals surface area (Å²) in [6.07, 6.45) is 2.46. The summed E-state index contributed by atoms with van der Waals surface area (Å²) in [6.45, 7) is 0. The van der Waals surface area contributed by atoms with Crippen molar-refractivity contribution < 1.29 is 19.5 Å². The molecular formula is C11H14N4O4S. The maximum atomic E-state index is 11.7. The molecule has 1 heterocycles. The minimum Gasteiger partial charge on any atom is -0.480 e. The van der Waals surface area contributed by atoms with Gasteiger partial charge in [0.2, 0.25) is 5.91 Å². The van der Waals surface area contributed by atoms with Gasteiger partial charge in [-0.25, -0.2) is 14.6 Å². The van der Waals surface area contributed by atoms with Gasteiger partial charge in [0, 0.05) is 4.88 Å². The molecule has 0 bridgehead atoms. The first-order valence-electron chi connectivity index (χ1n) is 6.03. The average Bonchev–Trinajstić information content (AvgIpc) is 2.87. The molecule has 1 aromatic heterocycles. The molecule has 1 aromatic rings. The number of nitrogens with two attached hydrogens (primary N) is 1. The van der Waals surface area contributed by atoms with Crippen LogP contribution in [0.4, 0.5) is 9.93 Å². The highest BCUT2D eigenvalue weighted by atomic mass is 32.1. The number of fused-ring (bicyclic) bond motifs is 1. The Balaban J connectivity index is 1.93. The number of carbonyl (C=O) groups is 3. The van der Waals surface area contributed by atoms with Gasteiger partial charge in [0.1, 0.15) is 6.04 Å². The lowest BCUT2D eigenvalue weighted by molar-refractivity contribution is -0.140. The second-order valence-corrected chi connectivity index (χ2v) is 5.49. The number of aromatic nitrogens is 1. The summed E-state index contributed by atoms with van der Waals surface area (Å²) in [4.78, 5) is 38.7. The zero-order valence-corrected chi connectivity index (χ0v) is 11.3. The lowest BCUT2D eigenvalue weighted by atomic mass is 10.2. The van der Waals surface area contributed by atoms with Crippen LogP contribution in [0.2, 0.25) is 0 Å². The summed E-state index contributed by atoms with van der Waals surface area (Å²) in [5.74, 6) is -2.12. The van der Waals surface area contributed by atoms with Gasteiger partial charge in [0.05, 0.1) is 12.1 Å². The van der Waals surface area contributed by atoms with Crippen molar-refractivity contribution in [3.05, 3.63) is 10.6 Å². The van der Waals surface area contributed by atoms with Crippen molar-refractivity contribution in [3.63, 3.8) is 0 Å². The number of carboxylic acids is 1. The SMILES string of the molecule is NC(=O)C[C@@H](NC(=O)Nc1nc2c(s1)CCC2)C(=O)O. The van der Waals surface area contributed by atoms with E-state index in [0.717, 1.165) is 29.8 Å². The number of nitrogens with one attached hydrogen (secondary N) is 2. The van der Waals surface area contributed by atoms with E-state index in [-0.39, 0.29) is 0 Å². The molecule has 0 radical (unpaired) electrons. The van der Waals surface area contributed by atoms with Crippen LogP contribution in [0, 0.1) is 0 Å². The summed E-state index contributed by atoms with van der Waals surface area (Å²) < 4.78 is 0. The highest BCUT2D eigenvalue weighted by Crippen LogP contribution is 2.30. The molecule has 0 unspecified atom stereocenters. The Morgan fingerprint density at radius 1 is 1.40 bits per heavy atom. The van der Waals surface area contributed by atoms with Crippen molar-refractivity contribution in [1.29, 1.82) is 0 Å². The molecule has 0 aliphatic heterocycles. The number of anilines is 1. The topological polar surface area (TPSA) is 134 Å². The van der Waals surface area contributed by atoms with Crippen molar-refractivity contribution >= 4 is 34.4 Å². The van der Waals surface area contributed by atoms with Crippen LogP contribution in [0.25, 0.3) is 0 Å². The fraction of sp³-hybridized carbons (Fsp3) is 0.455. The Labute approximate surface area is 118 Å². The summed E-state index contributed by atoms with van der Waals surface area (Å²) in [5, 5.41) is 13.9. The molecule has 2 rings (SSSR count). The number of carboxylic acid groups (broad SMARTS) is 1. The first kappa shape index (κ1) is 14.3. The van der Waals surface area contributed by atoms with Crippen molar-refractivity contribution in [2.24, 2.45) is 5.73 Å². The van der Waals surface area contributed by atoms with Crippen LogP contribution >= 0.6 is 11.3 Å². The van der Waals surface area contributed by atoms with E-state index in [2.05, 4.69) is 15.6 Å². The van der Waals surface area contributed by atoms with Gasteiger partial charge in [-0.2, -0.15) is 0 Å². The zero-order chi connectivity index (χ0) is 14.7. The number of hydrogen-bond acceptors (Lipinski definition) is 5. The molecule has 1 aliphatic rings. The predicted molar refractivity (Wildman–Crippen MR) is 71.5 cm³/mol. The number of hydrogen-bond donors (Lipinski definition) is 4. The smallest absolute Gasteiger partial charge is 0.326 e. The Morgan fingerprint density at radius 2 is 2.15 bits per heavy atom. The quantitative estimate of drug-likeness (QED) is 0.610. The van der Waals surface area contributed by atoms with Crippen LogP contribution in [-0.2, 0) is 22.4 Å². The van der Waals surface area contributed by atoms with Crippen LogP contribution in [0.15, 0.2) is 0 Å². The minimum absolute atomic E-state index is 0.426. The molecule has 0 aromatic carbocycles. The van der Waals surface area contributed by atoms with Gasteiger partial charge >= 0.3 is 12.0 Å². The van der Waals surface area contributed by atoms with Crippen LogP contribution in [0.5, 0.6) is 0 Å². The van der Waals surface area contributed by atoms with Crippen LogP contribution in [0.3, 0.4) is 0 Å². The van der Waals surface area contributed by atoms with E-state index in [1.807, 2.05) is 0 Å². The number of amides is 3. The van der Waals surface area contributed by atoms with Crippen LogP contribution in [0.1, 0.15) is 23.4 Å². The van der Waals surface area contributed by atoms with Crippen molar-refractivity contribution in [1.82, 2.24) is 10.3 Å². The first-order chi connectivity index (χ1) is 9.45. The standard InChI is InChI=1S/C11H14N4O4S/c12-8(16)4-6(9(17)18)13-10(19)15-11-14-5-2-1-3-7(5)20-11/h6H,1-4H2,(H2,12,16)(H,17,18)(H2,13,14,15,19)/t6-/m1/s1. The number of urea groups is 1. The molecule has 0 saturated heterocycles. The van der Waals surface area contributed by atoms with Gasteiger partial charge < -0.3 is 16.2 Å². The average molecular weight is 298 g/mol. The van der Waals surface area contributed by atoms with Gasteiger partial charge in [-0.1, -0.05) is 0 Å². The molecule has 0 saturated carbocycles. The van der Waals surface area contributed by atoms with E-state index in [0.29, 0.717) is 5.13 Å². The number of rotatable bonds is 5. The molecule has 9 heteroatoms. The largest absolute Gasteiger partial charge is 0.480 e. The fourth-order valence-electron chi connectivity index (χ4n) is 1.94. The summed E-state index contributed by atoms with van der Waals surface area (Å²) >= 11 is 1.38. The number of primary amides is 1. The lowest BCUT2D eigenvalue weighted by Crippen LogP contribution is -2.45. The highest BCUT2D eigenvalue weighted by molar-refractivity contribution is 7.15. The van der Waals surface area contributed by atoms with Crippen molar-refractivity contribution in [2.75, 3.05) is 5.32 Å². The summed E-state index contributed by atoms with van der Waals surface area (Å²) in [7, 11) is 0. The molecular weight excluding hydrogens is 284 g/mol. The second-order valence-electron chi connectivity index (χ2n) is 4.40. The van der Waals surface area contributed by atoms with Gasteiger partial charge in [-0.3, -0.25) is 10.1 Å². The maximum absolute atomic E-state index is 11.7. The Hall–Kier alpha value is -2.16. The second kappa shape index (κ2) is 5.87. The Bertz CT molecular complexity index is 535. The fourth-order valence-corrected chi connectivity index (χ4v) is 2.98. The van der Waals surface area contributed by atoms with E-state index in [1.165, 1.54) is 11.3 Å². The molecule has 20 heavy (non-hydrogen) atoms. The van der Waals surface area contributed by atoms with Gasteiger partial charge in [0.25, 0.3) is 0 Å². The van der Waals surface area contributed by atoms with E-state index in [4.69, 9.17) is 10.8 Å². The monoisotopic (exact) mass is 298 g/mol. The molecule has 1 atom stereocenters. The van der Waals surface area contributed by atoms with Gasteiger partial charge in [-0.05, 0) is 19.3 Å². The van der Waals surface area contributed by atoms with Crippen molar-refractivity contribution in [3.8, 4) is 0 Å². The third-order valence-corrected chi connectivity index (χ3v) is 3.90. The molecule has 0 fully saturated rings.